The Hall–Kier alpha value is -1.01. The second-order valence-corrected chi connectivity index (χ2v) is 4.00. The number of amides is 1. The third-order valence-corrected chi connectivity index (χ3v) is 2.51. The van der Waals surface area contributed by atoms with Crippen molar-refractivity contribution in [1.29, 1.82) is 0 Å². The molecule has 1 rings (SSSR count). The van der Waals surface area contributed by atoms with E-state index in [1.807, 2.05) is 6.92 Å². The van der Waals surface area contributed by atoms with Crippen LogP contribution < -0.4 is 5.32 Å². The number of anilines is 1. The van der Waals surface area contributed by atoms with Crippen molar-refractivity contribution in [2.75, 3.05) is 18.5 Å². The average molecular weight is 229 g/mol. The van der Waals surface area contributed by atoms with E-state index in [-0.39, 0.29) is 12.5 Å². The van der Waals surface area contributed by atoms with Crippen molar-refractivity contribution < 1.29 is 9.53 Å². The third-order valence-electron chi connectivity index (χ3n) is 1.61. The number of nitrogens with one attached hydrogen (secondary N) is 1. The van der Waals surface area contributed by atoms with Gasteiger partial charge in [0.1, 0.15) is 11.6 Å². The number of carbonyl (C=O) groups is 1. The van der Waals surface area contributed by atoms with Crippen LogP contribution in [0, 0.1) is 0 Å². The van der Waals surface area contributed by atoms with Gasteiger partial charge in [-0.05, 0) is 13.3 Å². The van der Waals surface area contributed by atoms with Gasteiger partial charge in [0, 0.05) is 13.0 Å². The van der Waals surface area contributed by atoms with Crippen molar-refractivity contribution >= 4 is 22.4 Å². The van der Waals surface area contributed by atoms with Crippen molar-refractivity contribution in [3.8, 4) is 0 Å². The Bertz CT molecular complexity index is 314. The number of hydrogen-bond donors (Lipinski definition) is 1. The molecule has 0 saturated carbocycles. The van der Waals surface area contributed by atoms with Gasteiger partial charge in [0.25, 0.3) is 5.91 Å². The first-order valence-electron chi connectivity index (χ1n) is 4.96. The second kappa shape index (κ2) is 6.47. The molecule has 0 aliphatic heterocycles. The van der Waals surface area contributed by atoms with Gasteiger partial charge in [0.15, 0.2) is 0 Å². The molecule has 6 heteroatoms. The molecule has 5 nitrogen and oxygen atoms in total. The summed E-state index contributed by atoms with van der Waals surface area (Å²) in [5.41, 5.74) is 0. The lowest BCUT2D eigenvalue weighted by Crippen LogP contribution is -2.17. The summed E-state index contributed by atoms with van der Waals surface area (Å²) in [6, 6.07) is 0. The number of aromatic nitrogens is 2. The van der Waals surface area contributed by atoms with Crippen molar-refractivity contribution in [1.82, 2.24) is 10.2 Å². The van der Waals surface area contributed by atoms with Crippen LogP contribution in [0.25, 0.3) is 0 Å². The Balaban J connectivity index is 2.39. The number of nitrogens with zero attached hydrogens (tertiary/aromatic N) is 2. The maximum atomic E-state index is 11.2. The first-order valence-corrected chi connectivity index (χ1v) is 5.77. The molecule has 1 N–H and O–H groups in total. The molecule has 1 heterocycles. The molecule has 84 valence electrons. The minimum absolute atomic E-state index is 0.0686. The maximum absolute atomic E-state index is 11.2. The average Bonchev–Trinajstić information content (AvgIpc) is 2.63. The number of rotatable bonds is 6. The Kier molecular flexibility index (Phi) is 5.20. The van der Waals surface area contributed by atoms with Gasteiger partial charge in [-0.3, -0.25) is 10.1 Å². The molecular weight excluding hydrogens is 214 g/mol. The zero-order chi connectivity index (χ0) is 11.1. The molecule has 0 aromatic carbocycles. The Labute approximate surface area is 92.9 Å². The Morgan fingerprint density at radius 3 is 2.93 bits per heavy atom. The van der Waals surface area contributed by atoms with Gasteiger partial charge >= 0.3 is 0 Å². The van der Waals surface area contributed by atoms with Gasteiger partial charge in [-0.15, -0.1) is 10.2 Å². The van der Waals surface area contributed by atoms with E-state index in [1.165, 1.54) is 11.3 Å². The molecule has 0 bridgehead atoms. The number of aryl methyl sites for hydroxylation is 1. The molecule has 15 heavy (non-hydrogen) atoms. The lowest BCUT2D eigenvalue weighted by atomic mass is 10.4. The molecule has 0 unspecified atom stereocenters. The van der Waals surface area contributed by atoms with Gasteiger partial charge in [-0.1, -0.05) is 18.3 Å². The third kappa shape index (κ3) is 4.35. The fraction of sp³-hybridized carbons (Fsp3) is 0.667. The largest absolute Gasteiger partial charge is 0.372 e. The van der Waals surface area contributed by atoms with Crippen LogP contribution in [0.4, 0.5) is 5.13 Å². The van der Waals surface area contributed by atoms with E-state index in [9.17, 15) is 4.79 Å². The maximum Gasteiger partial charge on any atom is 0.252 e. The quantitative estimate of drug-likeness (QED) is 0.802. The number of carbonyl (C=O) groups excluding carboxylic acids is 1. The minimum atomic E-state index is -0.184. The predicted molar refractivity (Wildman–Crippen MR) is 59.0 cm³/mol. The second-order valence-electron chi connectivity index (χ2n) is 2.94. The lowest BCUT2D eigenvalue weighted by Gasteiger charge is -1.99. The molecule has 0 saturated heterocycles. The molecule has 1 aromatic rings. The van der Waals surface area contributed by atoms with Crippen molar-refractivity contribution in [2.24, 2.45) is 0 Å². The van der Waals surface area contributed by atoms with Crippen molar-refractivity contribution in [2.45, 2.75) is 26.7 Å². The zero-order valence-electron chi connectivity index (χ0n) is 8.95. The zero-order valence-corrected chi connectivity index (χ0v) is 9.76. The molecule has 0 fully saturated rings. The molecule has 1 aromatic heterocycles. The van der Waals surface area contributed by atoms with Crippen molar-refractivity contribution in [3.05, 3.63) is 5.01 Å². The Morgan fingerprint density at radius 2 is 2.27 bits per heavy atom. The van der Waals surface area contributed by atoms with Crippen LogP contribution in [0.3, 0.4) is 0 Å². The molecular formula is C9H15N3O2S. The highest BCUT2D eigenvalue weighted by Crippen LogP contribution is 2.16. The minimum Gasteiger partial charge on any atom is -0.372 e. The van der Waals surface area contributed by atoms with Crippen LogP contribution in [-0.4, -0.2) is 29.3 Å². The smallest absolute Gasteiger partial charge is 0.252 e. The van der Waals surface area contributed by atoms with Gasteiger partial charge in [0.2, 0.25) is 5.13 Å². The van der Waals surface area contributed by atoms with Crippen LogP contribution in [0.2, 0.25) is 0 Å². The monoisotopic (exact) mass is 229 g/mol. The van der Waals surface area contributed by atoms with E-state index < -0.39 is 0 Å². The fourth-order valence-electron chi connectivity index (χ4n) is 0.969. The summed E-state index contributed by atoms with van der Waals surface area (Å²) in [4.78, 5) is 11.2. The van der Waals surface area contributed by atoms with E-state index in [1.54, 1.807) is 0 Å². The highest BCUT2D eigenvalue weighted by molar-refractivity contribution is 7.15. The summed E-state index contributed by atoms with van der Waals surface area (Å²) < 4.78 is 4.97. The molecule has 0 aliphatic rings. The molecule has 0 atom stereocenters. The highest BCUT2D eigenvalue weighted by Gasteiger charge is 2.07. The van der Waals surface area contributed by atoms with Crippen LogP contribution in [0.1, 0.15) is 25.3 Å². The van der Waals surface area contributed by atoms with E-state index in [0.29, 0.717) is 11.7 Å². The van der Waals surface area contributed by atoms with E-state index in [2.05, 4.69) is 22.4 Å². The highest BCUT2D eigenvalue weighted by atomic mass is 32.1. The van der Waals surface area contributed by atoms with Crippen LogP contribution in [-0.2, 0) is 16.0 Å². The summed E-state index contributed by atoms with van der Waals surface area (Å²) >= 11 is 1.41. The molecule has 1 amide bonds. The van der Waals surface area contributed by atoms with Crippen molar-refractivity contribution in [3.63, 3.8) is 0 Å². The molecule has 0 spiro atoms. The summed E-state index contributed by atoms with van der Waals surface area (Å²) in [6.45, 7) is 4.52. The number of ether oxygens (including phenoxy) is 1. The van der Waals surface area contributed by atoms with Gasteiger partial charge in [-0.25, -0.2) is 0 Å². The lowest BCUT2D eigenvalue weighted by molar-refractivity contribution is -0.120. The number of hydrogen-bond acceptors (Lipinski definition) is 5. The SMILES string of the molecule is CCCc1nnc(NC(=O)COCC)s1. The van der Waals surface area contributed by atoms with E-state index >= 15 is 0 Å². The normalized spacial score (nSPS) is 10.3. The summed E-state index contributed by atoms with van der Waals surface area (Å²) in [5, 5.41) is 11.9. The predicted octanol–water partition coefficient (Wildman–Crippen LogP) is 1.47. The summed E-state index contributed by atoms with van der Waals surface area (Å²) in [7, 11) is 0. The van der Waals surface area contributed by atoms with E-state index in [0.717, 1.165) is 17.8 Å². The summed E-state index contributed by atoms with van der Waals surface area (Å²) in [5.74, 6) is -0.184. The molecule has 0 radical (unpaired) electrons. The Morgan fingerprint density at radius 1 is 1.47 bits per heavy atom. The van der Waals surface area contributed by atoms with Crippen LogP contribution >= 0.6 is 11.3 Å². The topological polar surface area (TPSA) is 64.1 Å². The van der Waals surface area contributed by atoms with Crippen LogP contribution in [0.5, 0.6) is 0 Å². The van der Waals surface area contributed by atoms with E-state index in [4.69, 9.17) is 4.74 Å². The van der Waals surface area contributed by atoms with Gasteiger partial charge in [-0.2, -0.15) is 0 Å². The first kappa shape index (κ1) is 12.1. The molecule has 0 aliphatic carbocycles. The van der Waals surface area contributed by atoms with Gasteiger partial charge < -0.3 is 4.74 Å². The summed E-state index contributed by atoms with van der Waals surface area (Å²) in [6.07, 6.45) is 1.93. The van der Waals surface area contributed by atoms with Gasteiger partial charge in [0.05, 0.1) is 0 Å². The standard InChI is InChI=1S/C9H15N3O2S/c1-3-5-8-11-12-9(15-8)10-7(13)6-14-4-2/h3-6H2,1-2H3,(H,10,12,13). The first-order chi connectivity index (χ1) is 7.26. The fourth-order valence-corrected chi connectivity index (χ4v) is 1.83. The van der Waals surface area contributed by atoms with Crippen LogP contribution in [0.15, 0.2) is 0 Å².